The van der Waals surface area contributed by atoms with Gasteiger partial charge in [-0.1, -0.05) is 87.0 Å². The molecule has 5 heteroatoms. The summed E-state index contributed by atoms with van der Waals surface area (Å²) in [6.45, 7) is 9.31. The van der Waals surface area contributed by atoms with Gasteiger partial charge in [0.05, 0.1) is 6.04 Å². The Morgan fingerprint density at radius 3 is 2.51 bits per heavy atom. The Kier molecular flexibility index (Phi) is 8.65. The Morgan fingerprint density at radius 2 is 1.81 bits per heavy atom. The molecule has 1 N–H and O–H groups in total. The Labute approximate surface area is 220 Å². The molecule has 3 aromatic carbocycles. The summed E-state index contributed by atoms with van der Waals surface area (Å²) in [7, 11) is 0. The van der Waals surface area contributed by atoms with E-state index in [9.17, 15) is 9.59 Å². The summed E-state index contributed by atoms with van der Waals surface area (Å²) in [6.07, 6.45) is 1.28. The van der Waals surface area contributed by atoms with E-state index >= 15 is 0 Å². The number of ether oxygens (including phenoxy) is 1. The molecule has 0 aromatic heterocycles. The summed E-state index contributed by atoms with van der Waals surface area (Å²) in [5.41, 5.74) is 5.60. The van der Waals surface area contributed by atoms with Crippen molar-refractivity contribution < 1.29 is 14.3 Å². The zero-order chi connectivity index (χ0) is 26.4. The van der Waals surface area contributed by atoms with Crippen molar-refractivity contribution in [3.63, 3.8) is 0 Å². The van der Waals surface area contributed by atoms with Crippen LogP contribution < -0.4 is 10.1 Å². The minimum atomic E-state index is -0.597. The number of hydrogen-bond acceptors (Lipinski definition) is 3. The summed E-state index contributed by atoms with van der Waals surface area (Å²) in [5.74, 6) is 0.983. The van der Waals surface area contributed by atoms with E-state index in [-0.39, 0.29) is 17.9 Å². The van der Waals surface area contributed by atoms with E-state index in [0.29, 0.717) is 37.6 Å². The first-order valence-electron chi connectivity index (χ1n) is 13.3. The Bertz CT molecular complexity index is 1220. The predicted octanol–water partition coefficient (Wildman–Crippen LogP) is 5.99. The van der Waals surface area contributed by atoms with Crippen LogP contribution in [0.3, 0.4) is 0 Å². The molecule has 0 spiro atoms. The van der Waals surface area contributed by atoms with Crippen molar-refractivity contribution in [3.05, 3.63) is 101 Å². The van der Waals surface area contributed by atoms with Crippen LogP contribution in [-0.4, -0.2) is 29.4 Å². The first-order valence-corrected chi connectivity index (χ1v) is 13.3. The van der Waals surface area contributed by atoms with E-state index in [1.165, 1.54) is 5.56 Å². The average Bonchev–Trinajstić information content (AvgIpc) is 2.89. The fraction of sp³-hybridized carbons (Fsp3) is 0.375. The molecule has 4 rings (SSSR count). The van der Waals surface area contributed by atoms with Crippen LogP contribution in [0.4, 0.5) is 0 Å². The zero-order valence-electron chi connectivity index (χ0n) is 22.4. The molecule has 1 heterocycles. The largest absolute Gasteiger partial charge is 0.481 e. The van der Waals surface area contributed by atoms with Gasteiger partial charge >= 0.3 is 0 Å². The first kappa shape index (κ1) is 26.5. The lowest BCUT2D eigenvalue weighted by Crippen LogP contribution is -2.41. The number of aryl methyl sites for hydroxylation is 1. The smallest absolute Gasteiger partial charge is 0.261 e. The number of hydrogen-bond donors (Lipinski definition) is 1. The molecule has 0 aliphatic carbocycles. The molecule has 0 saturated carbocycles. The van der Waals surface area contributed by atoms with Crippen LogP contribution in [0, 0.1) is 12.8 Å². The highest BCUT2D eigenvalue weighted by Gasteiger charge is 2.32. The molecule has 2 amide bonds. The number of nitrogens with one attached hydrogen (secondary N) is 1. The van der Waals surface area contributed by atoms with Gasteiger partial charge in [-0.3, -0.25) is 9.59 Å². The third-order valence-electron chi connectivity index (χ3n) is 6.85. The second kappa shape index (κ2) is 12.1. The highest BCUT2D eigenvalue weighted by Crippen LogP contribution is 2.38. The standard InChI is InChI=1S/C32H38N2O3/c1-5-29(32(36)33-21-24-11-9-10-23(4)19-24)37-27-15-14-25-16-17-34(30(35)18-22(2)3)31(28(25)20-27)26-12-7-6-8-13-26/h6-15,19-20,22,29,31H,5,16-18,21H2,1-4H3,(H,33,36)/t29-,31-/m1/s1. The molecule has 5 nitrogen and oxygen atoms in total. The van der Waals surface area contributed by atoms with Crippen molar-refractivity contribution >= 4 is 11.8 Å². The van der Waals surface area contributed by atoms with Crippen molar-refractivity contribution in [2.24, 2.45) is 5.92 Å². The van der Waals surface area contributed by atoms with Gasteiger partial charge in [-0.2, -0.15) is 0 Å². The molecule has 0 fully saturated rings. The van der Waals surface area contributed by atoms with Crippen molar-refractivity contribution in [2.45, 2.75) is 65.6 Å². The second-order valence-electron chi connectivity index (χ2n) is 10.3. The van der Waals surface area contributed by atoms with Crippen LogP contribution in [0.5, 0.6) is 5.75 Å². The van der Waals surface area contributed by atoms with E-state index in [1.54, 1.807) is 0 Å². The fourth-order valence-corrected chi connectivity index (χ4v) is 5.01. The van der Waals surface area contributed by atoms with Gasteiger partial charge in [0.15, 0.2) is 6.10 Å². The second-order valence-corrected chi connectivity index (χ2v) is 10.3. The molecule has 2 atom stereocenters. The number of fused-ring (bicyclic) bond motifs is 1. The van der Waals surface area contributed by atoms with Gasteiger partial charge < -0.3 is 15.0 Å². The van der Waals surface area contributed by atoms with Gasteiger partial charge in [0.25, 0.3) is 5.91 Å². The van der Waals surface area contributed by atoms with E-state index in [0.717, 1.165) is 28.7 Å². The maximum Gasteiger partial charge on any atom is 0.261 e. The topological polar surface area (TPSA) is 58.6 Å². The SMILES string of the molecule is CC[C@@H](Oc1ccc2c(c1)[C@@H](c1ccccc1)N(C(=O)CC(C)C)CC2)C(=O)NCc1cccc(C)c1. The number of benzene rings is 3. The van der Waals surface area contributed by atoms with E-state index < -0.39 is 6.10 Å². The van der Waals surface area contributed by atoms with Crippen LogP contribution >= 0.6 is 0 Å². The lowest BCUT2D eigenvalue weighted by atomic mass is 9.87. The third-order valence-corrected chi connectivity index (χ3v) is 6.85. The Morgan fingerprint density at radius 1 is 1.03 bits per heavy atom. The predicted molar refractivity (Wildman–Crippen MR) is 147 cm³/mol. The molecular weight excluding hydrogens is 460 g/mol. The van der Waals surface area contributed by atoms with Crippen molar-refractivity contribution in [1.82, 2.24) is 10.2 Å². The maximum atomic E-state index is 13.3. The minimum absolute atomic E-state index is 0.130. The zero-order valence-corrected chi connectivity index (χ0v) is 22.4. The van der Waals surface area contributed by atoms with Crippen LogP contribution in [0.25, 0.3) is 0 Å². The van der Waals surface area contributed by atoms with Crippen molar-refractivity contribution in [2.75, 3.05) is 6.54 Å². The van der Waals surface area contributed by atoms with Gasteiger partial charge in [0, 0.05) is 19.5 Å². The molecule has 0 bridgehead atoms. The molecule has 194 valence electrons. The van der Waals surface area contributed by atoms with E-state index in [4.69, 9.17) is 4.74 Å². The Balaban J connectivity index is 1.56. The highest BCUT2D eigenvalue weighted by molar-refractivity contribution is 5.81. The third kappa shape index (κ3) is 6.59. The maximum absolute atomic E-state index is 13.3. The summed E-state index contributed by atoms with van der Waals surface area (Å²) in [4.78, 5) is 28.2. The summed E-state index contributed by atoms with van der Waals surface area (Å²) >= 11 is 0. The Hall–Kier alpha value is -3.60. The van der Waals surface area contributed by atoms with E-state index in [1.807, 2.05) is 67.3 Å². The molecule has 0 saturated heterocycles. The summed E-state index contributed by atoms with van der Waals surface area (Å²) in [5, 5.41) is 3.02. The first-order chi connectivity index (χ1) is 17.9. The van der Waals surface area contributed by atoms with Crippen molar-refractivity contribution in [1.29, 1.82) is 0 Å². The number of nitrogens with zero attached hydrogens (tertiary/aromatic N) is 1. The summed E-state index contributed by atoms with van der Waals surface area (Å²) < 4.78 is 6.23. The highest BCUT2D eigenvalue weighted by atomic mass is 16.5. The van der Waals surface area contributed by atoms with Gasteiger partial charge in [0.1, 0.15) is 5.75 Å². The molecule has 1 aliphatic rings. The monoisotopic (exact) mass is 498 g/mol. The molecule has 37 heavy (non-hydrogen) atoms. The summed E-state index contributed by atoms with van der Waals surface area (Å²) in [6, 6.07) is 24.2. The van der Waals surface area contributed by atoms with Crippen LogP contribution in [-0.2, 0) is 22.6 Å². The van der Waals surface area contributed by atoms with Gasteiger partial charge in [-0.05, 0) is 60.1 Å². The lowest BCUT2D eigenvalue weighted by molar-refractivity contribution is -0.134. The molecule has 3 aromatic rings. The number of amides is 2. The lowest BCUT2D eigenvalue weighted by Gasteiger charge is -2.38. The minimum Gasteiger partial charge on any atom is -0.481 e. The average molecular weight is 499 g/mol. The van der Waals surface area contributed by atoms with Crippen molar-refractivity contribution in [3.8, 4) is 5.75 Å². The van der Waals surface area contributed by atoms with E-state index in [2.05, 4.69) is 43.4 Å². The quantitative estimate of drug-likeness (QED) is 0.394. The van der Waals surface area contributed by atoms with Crippen LogP contribution in [0.1, 0.15) is 67.5 Å². The molecular formula is C32H38N2O3. The molecule has 0 unspecified atom stereocenters. The number of rotatable bonds is 9. The van der Waals surface area contributed by atoms with Crippen LogP contribution in [0.2, 0.25) is 0 Å². The fourth-order valence-electron chi connectivity index (χ4n) is 5.01. The number of carbonyl (C=O) groups excluding carboxylic acids is 2. The molecule has 1 aliphatic heterocycles. The van der Waals surface area contributed by atoms with Gasteiger partial charge in [0.2, 0.25) is 5.91 Å². The van der Waals surface area contributed by atoms with Gasteiger partial charge in [-0.15, -0.1) is 0 Å². The van der Waals surface area contributed by atoms with Crippen LogP contribution in [0.15, 0.2) is 72.8 Å². The molecule has 0 radical (unpaired) electrons. The van der Waals surface area contributed by atoms with Gasteiger partial charge in [-0.25, -0.2) is 0 Å². The normalized spacial score (nSPS) is 15.7. The number of carbonyl (C=O) groups is 2.